The second-order valence-corrected chi connectivity index (χ2v) is 12.6. The van der Waals surface area contributed by atoms with Gasteiger partial charge in [-0.05, 0) is 31.5 Å². The van der Waals surface area contributed by atoms with E-state index in [1.54, 1.807) is 24.3 Å². The van der Waals surface area contributed by atoms with Gasteiger partial charge < -0.3 is 15.7 Å². The fourth-order valence-corrected chi connectivity index (χ4v) is 6.74. The molecule has 13 heteroatoms. The van der Waals surface area contributed by atoms with Gasteiger partial charge in [-0.1, -0.05) is 89.7 Å². The third-order valence-electron chi connectivity index (χ3n) is 5.82. The summed E-state index contributed by atoms with van der Waals surface area (Å²) in [6.45, 7) is 3.86. The van der Waals surface area contributed by atoms with Crippen molar-refractivity contribution in [2.45, 2.75) is 30.4 Å². The zero-order valence-electron chi connectivity index (χ0n) is 21.4. The first-order valence-electron chi connectivity index (χ1n) is 12.0. The highest BCUT2D eigenvalue weighted by Gasteiger charge is 2.29. The number of aryl methyl sites for hydroxylation is 1. The van der Waals surface area contributed by atoms with Crippen LogP contribution in [0, 0.1) is 6.92 Å². The lowest BCUT2D eigenvalue weighted by molar-refractivity contribution is -0.115. The summed E-state index contributed by atoms with van der Waals surface area (Å²) >= 11 is 27.0. The van der Waals surface area contributed by atoms with Crippen molar-refractivity contribution in [3.63, 3.8) is 0 Å². The molecule has 0 saturated carbocycles. The summed E-state index contributed by atoms with van der Waals surface area (Å²) in [5.74, 6) is -2.54. The van der Waals surface area contributed by atoms with Crippen LogP contribution in [-0.2, 0) is 4.79 Å². The van der Waals surface area contributed by atoms with Gasteiger partial charge in [-0.2, -0.15) is 0 Å². The largest absolute Gasteiger partial charge is 0.478 e. The molecular weight excluding hydrogens is 648 g/mol. The normalized spacial score (nSPS) is 11.7. The highest BCUT2D eigenvalue weighted by Crippen LogP contribution is 2.42. The standard InChI is InChI=1S/C28H21Cl4N3O4S2/c1-3-17(25(36)35-28-34-24(13(2)40-28)14-8-5-4-6-9-14)41-16-11-7-10-15(12-16)33-26(37)18-19(27(38)39)21(30)23(32)22(31)20(18)29/h4-12,17H,3H2,1-2H3,(H,33,37)(H,38,39)(H,34,35,36). The summed E-state index contributed by atoms with van der Waals surface area (Å²) in [6, 6.07) is 16.5. The van der Waals surface area contributed by atoms with Crippen molar-refractivity contribution in [1.82, 2.24) is 4.98 Å². The average Bonchev–Trinajstić information content (AvgIpc) is 3.32. The number of thiazole rings is 1. The molecule has 1 aromatic heterocycles. The second-order valence-electron chi connectivity index (χ2n) is 8.59. The van der Waals surface area contributed by atoms with Gasteiger partial charge in [0.15, 0.2) is 5.13 Å². The molecule has 0 radical (unpaired) electrons. The van der Waals surface area contributed by atoms with Crippen molar-refractivity contribution in [1.29, 1.82) is 0 Å². The summed E-state index contributed by atoms with van der Waals surface area (Å²) in [4.78, 5) is 44.4. The Kier molecular flexibility index (Phi) is 10.2. The molecule has 1 unspecified atom stereocenters. The fraction of sp³-hybridized carbons (Fsp3) is 0.143. The third-order valence-corrected chi connectivity index (χ3v) is 9.86. The van der Waals surface area contributed by atoms with Gasteiger partial charge in [0, 0.05) is 21.0 Å². The molecule has 2 amide bonds. The number of aromatic nitrogens is 1. The van der Waals surface area contributed by atoms with E-state index < -0.39 is 33.3 Å². The molecular formula is C28H21Cl4N3O4S2. The van der Waals surface area contributed by atoms with Crippen molar-refractivity contribution in [2.75, 3.05) is 10.6 Å². The molecule has 3 aromatic carbocycles. The van der Waals surface area contributed by atoms with Crippen molar-refractivity contribution in [2.24, 2.45) is 0 Å². The molecule has 0 saturated heterocycles. The number of carbonyl (C=O) groups is 3. The van der Waals surface area contributed by atoms with Crippen LogP contribution in [0.4, 0.5) is 10.8 Å². The summed E-state index contributed by atoms with van der Waals surface area (Å²) in [5, 5.41) is 14.0. The minimum atomic E-state index is -1.49. The van der Waals surface area contributed by atoms with E-state index in [1.807, 2.05) is 44.2 Å². The molecule has 0 bridgehead atoms. The van der Waals surface area contributed by atoms with E-state index in [0.717, 1.165) is 16.1 Å². The molecule has 0 spiro atoms. The molecule has 1 heterocycles. The quantitative estimate of drug-likeness (QED) is 0.0932. The van der Waals surface area contributed by atoms with Gasteiger partial charge in [-0.15, -0.1) is 23.1 Å². The molecule has 3 N–H and O–H groups in total. The van der Waals surface area contributed by atoms with Crippen LogP contribution in [-0.4, -0.2) is 33.1 Å². The van der Waals surface area contributed by atoms with Gasteiger partial charge in [-0.25, -0.2) is 9.78 Å². The van der Waals surface area contributed by atoms with Crippen molar-refractivity contribution in [3.8, 4) is 11.3 Å². The number of amides is 2. The van der Waals surface area contributed by atoms with Gasteiger partial charge >= 0.3 is 5.97 Å². The molecule has 0 aliphatic carbocycles. The first-order valence-corrected chi connectivity index (χ1v) is 15.2. The molecule has 4 aromatic rings. The second kappa shape index (κ2) is 13.5. The summed E-state index contributed by atoms with van der Waals surface area (Å²) in [5.41, 5.74) is 1.15. The first kappa shape index (κ1) is 31.2. The number of halogens is 4. The van der Waals surface area contributed by atoms with Crippen LogP contribution in [0.2, 0.25) is 20.1 Å². The number of thioether (sulfide) groups is 1. The van der Waals surface area contributed by atoms with Crippen LogP contribution in [0.1, 0.15) is 38.9 Å². The van der Waals surface area contributed by atoms with Crippen LogP contribution >= 0.6 is 69.5 Å². The predicted octanol–water partition coefficient (Wildman–Crippen LogP) is 9.19. The van der Waals surface area contributed by atoms with Crippen LogP contribution in [0.5, 0.6) is 0 Å². The number of carbonyl (C=O) groups excluding carboxylic acids is 2. The number of nitrogens with zero attached hydrogens (tertiary/aromatic N) is 1. The molecule has 0 aliphatic heterocycles. The van der Waals surface area contributed by atoms with E-state index in [0.29, 0.717) is 22.1 Å². The Bertz CT molecular complexity index is 1650. The summed E-state index contributed by atoms with van der Waals surface area (Å²) in [7, 11) is 0. The zero-order chi connectivity index (χ0) is 29.8. The maximum atomic E-state index is 13.1. The van der Waals surface area contributed by atoms with Gasteiger partial charge in [0.05, 0.1) is 42.2 Å². The SMILES string of the molecule is CCC(Sc1cccc(NC(=O)c2c(Cl)c(Cl)c(Cl)c(Cl)c2C(=O)O)c1)C(=O)Nc1nc(-c2ccccc2)c(C)s1. The number of hydrogen-bond donors (Lipinski definition) is 3. The highest BCUT2D eigenvalue weighted by atomic mass is 35.5. The summed E-state index contributed by atoms with van der Waals surface area (Å²) < 4.78 is 0. The lowest BCUT2D eigenvalue weighted by atomic mass is 10.1. The fourth-order valence-electron chi connectivity index (χ4n) is 3.87. The molecule has 4 rings (SSSR count). The number of anilines is 2. The maximum absolute atomic E-state index is 13.1. The van der Waals surface area contributed by atoms with Crippen molar-refractivity contribution >= 4 is 98.1 Å². The maximum Gasteiger partial charge on any atom is 0.338 e. The lowest BCUT2D eigenvalue weighted by Gasteiger charge is -2.16. The van der Waals surface area contributed by atoms with Crippen LogP contribution < -0.4 is 10.6 Å². The zero-order valence-corrected chi connectivity index (χ0v) is 26.1. The number of aromatic carboxylic acids is 1. The Morgan fingerprint density at radius 3 is 2.22 bits per heavy atom. The average molecular weight is 669 g/mol. The Morgan fingerprint density at radius 1 is 0.927 bits per heavy atom. The molecule has 0 fully saturated rings. The molecule has 212 valence electrons. The van der Waals surface area contributed by atoms with Crippen molar-refractivity contribution < 1.29 is 19.5 Å². The Labute approximate surface area is 264 Å². The highest BCUT2D eigenvalue weighted by molar-refractivity contribution is 8.00. The van der Waals surface area contributed by atoms with Gasteiger partial charge in [0.1, 0.15) is 0 Å². The minimum absolute atomic E-state index is 0.205. The Hall–Kier alpha value is -2.79. The number of nitrogens with one attached hydrogen (secondary N) is 2. The summed E-state index contributed by atoms with van der Waals surface area (Å²) in [6.07, 6.45) is 0.530. The predicted molar refractivity (Wildman–Crippen MR) is 169 cm³/mol. The van der Waals surface area contributed by atoms with Gasteiger partial charge in [0.25, 0.3) is 5.91 Å². The van der Waals surface area contributed by atoms with Crippen LogP contribution in [0.3, 0.4) is 0 Å². The Morgan fingerprint density at radius 2 is 1.59 bits per heavy atom. The van der Waals surface area contributed by atoms with E-state index in [2.05, 4.69) is 15.6 Å². The van der Waals surface area contributed by atoms with Crippen LogP contribution in [0.15, 0.2) is 59.5 Å². The van der Waals surface area contributed by atoms with Gasteiger partial charge in [0.2, 0.25) is 5.91 Å². The minimum Gasteiger partial charge on any atom is -0.478 e. The smallest absolute Gasteiger partial charge is 0.338 e. The third kappa shape index (κ3) is 6.99. The monoisotopic (exact) mass is 667 g/mol. The molecule has 41 heavy (non-hydrogen) atoms. The lowest BCUT2D eigenvalue weighted by Crippen LogP contribution is -2.24. The van der Waals surface area contributed by atoms with E-state index >= 15 is 0 Å². The molecule has 1 atom stereocenters. The van der Waals surface area contributed by atoms with E-state index in [4.69, 9.17) is 46.4 Å². The topological polar surface area (TPSA) is 108 Å². The molecule has 0 aliphatic rings. The number of hydrogen-bond acceptors (Lipinski definition) is 6. The Balaban J connectivity index is 1.50. The first-order chi connectivity index (χ1) is 19.5. The van der Waals surface area contributed by atoms with Crippen LogP contribution in [0.25, 0.3) is 11.3 Å². The van der Waals surface area contributed by atoms with E-state index in [-0.39, 0.29) is 21.0 Å². The molecule has 7 nitrogen and oxygen atoms in total. The number of benzene rings is 3. The van der Waals surface area contributed by atoms with Gasteiger partial charge in [-0.3, -0.25) is 9.59 Å². The van der Waals surface area contributed by atoms with E-state index in [1.165, 1.54) is 23.1 Å². The number of carboxylic acid groups (broad SMARTS) is 1. The van der Waals surface area contributed by atoms with E-state index in [9.17, 15) is 19.5 Å². The number of rotatable bonds is 9. The van der Waals surface area contributed by atoms with Crippen molar-refractivity contribution in [3.05, 3.63) is 90.7 Å². The number of carboxylic acids is 1.